The molecule has 2 aromatic rings. The zero-order valence-corrected chi connectivity index (χ0v) is 11.7. The first-order valence-corrected chi connectivity index (χ1v) is 6.39. The molecule has 0 atom stereocenters. The third-order valence-electron chi connectivity index (χ3n) is 2.93. The molecule has 0 heterocycles. The minimum atomic E-state index is -0.775. The molecule has 0 spiro atoms. The Hall–Kier alpha value is -3.55. The van der Waals surface area contributed by atoms with Crippen LogP contribution in [0.25, 0.3) is 0 Å². The number of hydrogen-bond donors (Lipinski definition) is 2. The lowest BCUT2D eigenvalue weighted by molar-refractivity contribution is -0.384. The number of rotatable bonds is 5. The molecule has 23 heavy (non-hydrogen) atoms. The fourth-order valence-electron chi connectivity index (χ4n) is 1.91. The first-order chi connectivity index (χ1) is 11.0. The van der Waals surface area contributed by atoms with Crippen molar-refractivity contribution in [1.29, 1.82) is 0 Å². The maximum atomic E-state index is 12.5. The summed E-state index contributed by atoms with van der Waals surface area (Å²) in [4.78, 5) is 34.3. The van der Waals surface area contributed by atoms with Crippen molar-refractivity contribution in [2.45, 2.75) is 0 Å². The van der Waals surface area contributed by atoms with Gasteiger partial charge in [-0.25, -0.2) is 0 Å². The minimum absolute atomic E-state index is 0.0370. The Morgan fingerprint density at radius 3 is 2.48 bits per heavy atom. The highest BCUT2D eigenvalue weighted by Crippen LogP contribution is 2.24. The van der Waals surface area contributed by atoms with Crippen LogP contribution >= 0.6 is 0 Å². The van der Waals surface area contributed by atoms with Gasteiger partial charge in [0, 0.05) is 17.7 Å². The largest absolute Gasteiger partial charge is 0.411 e. The Balaban J connectivity index is 2.48. The number of amides is 1. The van der Waals surface area contributed by atoms with Gasteiger partial charge < -0.3 is 10.5 Å². The van der Waals surface area contributed by atoms with Gasteiger partial charge in [-0.15, -0.1) is 0 Å². The molecule has 0 saturated heterocycles. The molecule has 116 valence electrons. The van der Waals surface area contributed by atoms with Gasteiger partial charge in [0.15, 0.2) is 5.78 Å². The summed E-state index contributed by atoms with van der Waals surface area (Å²) in [6.07, 6.45) is 0.609. The van der Waals surface area contributed by atoms with E-state index in [1.165, 1.54) is 6.07 Å². The highest BCUT2D eigenvalue weighted by molar-refractivity contribution is 6.32. The number of nitro groups is 1. The standard InChI is InChI=1S/C15H11N3O5/c19-14(9-16-21)17-13-7-6-11(18(22)23)8-12(13)15(20)10-4-2-1-3-5-10/h1-9,21H,(H,17,19). The number of nitrogens with zero attached hydrogens (tertiary/aromatic N) is 2. The van der Waals surface area contributed by atoms with Crippen LogP contribution in [0.4, 0.5) is 11.4 Å². The Morgan fingerprint density at radius 2 is 1.87 bits per heavy atom. The number of carbonyl (C=O) groups excluding carboxylic acids is 2. The Morgan fingerprint density at radius 1 is 1.17 bits per heavy atom. The highest BCUT2D eigenvalue weighted by atomic mass is 16.6. The van der Waals surface area contributed by atoms with Gasteiger partial charge in [0.1, 0.15) is 6.21 Å². The number of nitrogens with one attached hydrogen (secondary N) is 1. The zero-order valence-electron chi connectivity index (χ0n) is 11.7. The molecule has 0 aliphatic heterocycles. The maximum absolute atomic E-state index is 12.5. The highest BCUT2D eigenvalue weighted by Gasteiger charge is 2.19. The van der Waals surface area contributed by atoms with Gasteiger partial charge in [0.25, 0.3) is 11.6 Å². The number of benzene rings is 2. The molecular weight excluding hydrogens is 302 g/mol. The van der Waals surface area contributed by atoms with Gasteiger partial charge in [0.05, 0.1) is 16.2 Å². The van der Waals surface area contributed by atoms with E-state index in [1.807, 2.05) is 0 Å². The van der Waals surface area contributed by atoms with Gasteiger partial charge in [-0.1, -0.05) is 35.5 Å². The van der Waals surface area contributed by atoms with E-state index in [4.69, 9.17) is 5.21 Å². The molecule has 0 unspecified atom stereocenters. The second kappa shape index (κ2) is 6.94. The quantitative estimate of drug-likeness (QED) is 0.288. The lowest BCUT2D eigenvalue weighted by Crippen LogP contribution is -2.16. The summed E-state index contributed by atoms with van der Waals surface area (Å²) >= 11 is 0. The van der Waals surface area contributed by atoms with Crippen LogP contribution in [0, 0.1) is 10.1 Å². The third kappa shape index (κ3) is 3.76. The summed E-state index contributed by atoms with van der Waals surface area (Å²) in [5, 5.41) is 24.2. The number of oxime groups is 1. The van der Waals surface area contributed by atoms with Crippen LogP contribution in [0.5, 0.6) is 0 Å². The van der Waals surface area contributed by atoms with Crippen LogP contribution in [-0.4, -0.2) is 28.0 Å². The van der Waals surface area contributed by atoms with Crippen LogP contribution in [0.2, 0.25) is 0 Å². The first-order valence-electron chi connectivity index (χ1n) is 6.39. The van der Waals surface area contributed by atoms with E-state index in [0.29, 0.717) is 11.8 Å². The molecule has 8 heteroatoms. The van der Waals surface area contributed by atoms with E-state index in [1.54, 1.807) is 30.3 Å². The van der Waals surface area contributed by atoms with E-state index in [-0.39, 0.29) is 16.9 Å². The fourth-order valence-corrected chi connectivity index (χ4v) is 1.91. The van der Waals surface area contributed by atoms with Crippen molar-refractivity contribution in [2.24, 2.45) is 5.16 Å². The van der Waals surface area contributed by atoms with Crippen molar-refractivity contribution in [2.75, 3.05) is 5.32 Å². The Bertz CT molecular complexity index is 787. The van der Waals surface area contributed by atoms with E-state index in [2.05, 4.69) is 10.5 Å². The molecule has 2 rings (SSSR count). The summed E-state index contributed by atoms with van der Waals surface area (Å²) in [6.45, 7) is 0. The van der Waals surface area contributed by atoms with Crippen molar-refractivity contribution in [3.63, 3.8) is 0 Å². The molecule has 0 fully saturated rings. The zero-order chi connectivity index (χ0) is 16.8. The molecular formula is C15H11N3O5. The Labute approximate surface area is 130 Å². The number of hydrogen-bond acceptors (Lipinski definition) is 6. The average Bonchev–Trinajstić information content (AvgIpc) is 2.55. The first kappa shape index (κ1) is 15.8. The van der Waals surface area contributed by atoms with Crippen LogP contribution in [0.1, 0.15) is 15.9 Å². The lowest BCUT2D eigenvalue weighted by Gasteiger charge is -2.09. The molecule has 2 N–H and O–H groups in total. The number of non-ortho nitro benzene ring substituents is 1. The Kier molecular flexibility index (Phi) is 4.78. The average molecular weight is 313 g/mol. The monoisotopic (exact) mass is 313 g/mol. The van der Waals surface area contributed by atoms with Gasteiger partial charge in [-0.2, -0.15) is 0 Å². The van der Waals surface area contributed by atoms with Crippen molar-refractivity contribution in [3.05, 3.63) is 69.8 Å². The maximum Gasteiger partial charge on any atom is 0.270 e. The molecule has 0 aromatic heterocycles. The number of ketones is 1. The summed E-state index contributed by atoms with van der Waals surface area (Å²) in [5.41, 5.74) is 0.0804. The normalized spacial score (nSPS) is 10.4. The topological polar surface area (TPSA) is 122 Å². The molecule has 0 bridgehead atoms. The van der Waals surface area contributed by atoms with E-state index < -0.39 is 16.6 Å². The molecule has 0 saturated carbocycles. The minimum Gasteiger partial charge on any atom is -0.411 e. The number of nitro benzene ring substituents is 1. The van der Waals surface area contributed by atoms with E-state index in [0.717, 1.165) is 12.1 Å². The molecule has 2 aromatic carbocycles. The molecule has 0 aliphatic carbocycles. The predicted octanol–water partition coefficient (Wildman–Crippen LogP) is 2.22. The lowest BCUT2D eigenvalue weighted by atomic mass is 10.0. The van der Waals surface area contributed by atoms with Gasteiger partial charge in [-0.05, 0) is 6.07 Å². The van der Waals surface area contributed by atoms with Crippen LogP contribution in [-0.2, 0) is 4.79 Å². The third-order valence-corrected chi connectivity index (χ3v) is 2.93. The van der Waals surface area contributed by atoms with E-state index >= 15 is 0 Å². The summed E-state index contributed by atoms with van der Waals surface area (Å²) in [5.74, 6) is -1.26. The smallest absolute Gasteiger partial charge is 0.270 e. The van der Waals surface area contributed by atoms with Crippen LogP contribution in [0.15, 0.2) is 53.7 Å². The molecule has 0 aliphatic rings. The summed E-state index contributed by atoms with van der Waals surface area (Å²) in [7, 11) is 0. The SMILES string of the molecule is O=C(C=NO)Nc1ccc([N+](=O)[O-])cc1C(=O)c1ccccc1. The van der Waals surface area contributed by atoms with Crippen molar-refractivity contribution >= 4 is 29.3 Å². The summed E-state index contributed by atoms with van der Waals surface area (Å²) < 4.78 is 0. The molecule has 1 amide bonds. The van der Waals surface area contributed by atoms with Gasteiger partial charge >= 0.3 is 0 Å². The van der Waals surface area contributed by atoms with E-state index in [9.17, 15) is 19.7 Å². The number of carbonyl (C=O) groups is 2. The second-order valence-corrected chi connectivity index (χ2v) is 4.42. The fraction of sp³-hybridized carbons (Fsp3) is 0. The molecule has 0 radical (unpaired) electrons. The number of anilines is 1. The van der Waals surface area contributed by atoms with Crippen LogP contribution in [0.3, 0.4) is 0 Å². The summed E-state index contributed by atoms with van der Waals surface area (Å²) in [6, 6.07) is 11.6. The van der Waals surface area contributed by atoms with Gasteiger partial charge in [0.2, 0.25) is 0 Å². The van der Waals surface area contributed by atoms with Crippen molar-refractivity contribution < 1.29 is 19.7 Å². The molecule has 8 nitrogen and oxygen atoms in total. The van der Waals surface area contributed by atoms with Crippen molar-refractivity contribution in [3.8, 4) is 0 Å². The predicted molar refractivity (Wildman–Crippen MR) is 81.9 cm³/mol. The second-order valence-electron chi connectivity index (χ2n) is 4.42. The van der Waals surface area contributed by atoms with Crippen LogP contribution < -0.4 is 5.32 Å². The van der Waals surface area contributed by atoms with Crippen molar-refractivity contribution in [1.82, 2.24) is 0 Å². The van der Waals surface area contributed by atoms with Gasteiger partial charge in [-0.3, -0.25) is 19.7 Å².